The monoisotopic (exact) mass is 595 g/mol. The Bertz CT molecular complexity index is 1350. The second kappa shape index (κ2) is 14.7. The van der Waals surface area contributed by atoms with E-state index in [1.807, 2.05) is 56.3 Å². The SMILES string of the molecule is CCN(c1cc(Cl)cc(C(=O)NCc2c(Oc3ccccc3)cc(C)c[n+]2O)c1C)C1CCC(N(C)CCOC)CC1. The van der Waals surface area contributed by atoms with E-state index in [4.69, 9.17) is 21.1 Å². The Morgan fingerprint density at radius 1 is 1.10 bits per heavy atom. The second-order valence-corrected chi connectivity index (χ2v) is 11.5. The van der Waals surface area contributed by atoms with Crippen molar-refractivity contribution < 1.29 is 24.2 Å². The molecule has 4 rings (SSSR count). The number of aryl methyl sites for hydroxylation is 1. The lowest BCUT2D eigenvalue weighted by molar-refractivity contribution is -0.910. The molecule has 0 unspecified atom stereocenters. The minimum absolute atomic E-state index is 0.0666. The molecule has 0 aliphatic heterocycles. The minimum atomic E-state index is -0.262. The molecule has 1 aliphatic rings. The third-order valence-corrected chi connectivity index (χ3v) is 8.47. The van der Waals surface area contributed by atoms with E-state index in [0.717, 1.165) is 66.9 Å². The molecular formula is C33H44ClN4O4+. The van der Waals surface area contributed by atoms with E-state index in [-0.39, 0.29) is 12.5 Å². The number of benzene rings is 2. The van der Waals surface area contributed by atoms with Gasteiger partial charge in [-0.05, 0) is 89.4 Å². The number of amides is 1. The number of anilines is 1. The average Bonchev–Trinajstić information content (AvgIpc) is 2.98. The highest BCUT2D eigenvalue weighted by Crippen LogP contribution is 2.34. The van der Waals surface area contributed by atoms with E-state index in [1.165, 1.54) is 0 Å². The number of likely N-dealkylation sites (N-methyl/N-ethyl adjacent to an activating group) is 1. The van der Waals surface area contributed by atoms with Crippen molar-refractivity contribution >= 4 is 23.2 Å². The molecule has 8 nitrogen and oxygen atoms in total. The molecule has 0 spiro atoms. The average molecular weight is 596 g/mol. The van der Waals surface area contributed by atoms with Crippen LogP contribution in [0, 0.1) is 13.8 Å². The van der Waals surface area contributed by atoms with E-state index in [0.29, 0.717) is 39.9 Å². The van der Waals surface area contributed by atoms with Crippen molar-refractivity contribution in [2.24, 2.45) is 0 Å². The van der Waals surface area contributed by atoms with E-state index in [2.05, 4.69) is 29.1 Å². The number of hydrogen-bond donors (Lipinski definition) is 2. The van der Waals surface area contributed by atoms with Crippen LogP contribution in [0.4, 0.5) is 5.69 Å². The number of carbonyl (C=O) groups is 1. The first-order valence-corrected chi connectivity index (χ1v) is 15.1. The van der Waals surface area contributed by atoms with Gasteiger partial charge in [0.2, 0.25) is 11.9 Å². The summed E-state index contributed by atoms with van der Waals surface area (Å²) < 4.78 is 12.3. The van der Waals surface area contributed by atoms with Crippen molar-refractivity contribution in [2.75, 3.05) is 38.8 Å². The molecule has 1 fully saturated rings. The van der Waals surface area contributed by atoms with Crippen molar-refractivity contribution in [3.63, 3.8) is 0 Å². The molecule has 1 heterocycles. The number of carbonyl (C=O) groups excluding carboxylic acids is 1. The van der Waals surface area contributed by atoms with Crippen LogP contribution in [0.5, 0.6) is 11.5 Å². The predicted octanol–water partition coefficient (Wildman–Crippen LogP) is 5.92. The third kappa shape index (κ3) is 7.73. The Morgan fingerprint density at radius 3 is 2.45 bits per heavy atom. The van der Waals surface area contributed by atoms with Gasteiger partial charge in [-0.25, -0.2) is 0 Å². The normalized spacial score (nSPS) is 16.8. The molecule has 2 N–H and O–H groups in total. The topological polar surface area (TPSA) is 78.2 Å². The smallest absolute Gasteiger partial charge is 0.295 e. The number of halogens is 1. The molecule has 3 aromatic rings. The highest BCUT2D eigenvalue weighted by molar-refractivity contribution is 6.31. The van der Waals surface area contributed by atoms with E-state index < -0.39 is 0 Å². The maximum Gasteiger partial charge on any atom is 0.295 e. The molecule has 1 aromatic heterocycles. The van der Waals surface area contributed by atoms with Crippen LogP contribution in [-0.2, 0) is 11.3 Å². The summed E-state index contributed by atoms with van der Waals surface area (Å²) >= 11 is 6.61. The molecule has 1 saturated carbocycles. The van der Waals surface area contributed by atoms with Crippen LogP contribution < -0.4 is 19.7 Å². The summed E-state index contributed by atoms with van der Waals surface area (Å²) in [7, 11) is 3.92. The van der Waals surface area contributed by atoms with Crippen LogP contribution in [-0.4, -0.2) is 62.0 Å². The van der Waals surface area contributed by atoms with Gasteiger partial charge >= 0.3 is 0 Å². The third-order valence-electron chi connectivity index (χ3n) is 8.25. The van der Waals surface area contributed by atoms with Gasteiger partial charge in [0.15, 0.2) is 0 Å². The van der Waals surface area contributed by atoms with E-state index >= 15 is 0 Å². The number of aromatic nitrogens is 1. The van der Waals surface area contributed by atoms with Crippen LogP contribution in [0.25, 0.3) is 0 Å². The number of para-hydroxylation sites is 1. The quantitative estimate of drug-likeness (QED) is 0.200. The predicted molar refractivity (Wildman–Crippen MR) is 166 cm³/mol. The van der Waals surface area contributed by atoms with Crippen molar-refractivity contribution in [3.8, 4) is 11.5 Å². The number of pyridine rings is 1. The first-order chi connectivity index (χ1) is 20.2. The standard InChI is InChI=1S/C33H43ClN4O4/c1-6-37(27-14-12-26(13-15-27)36(4)16-17-41-5)30-20-25(34)19-29(24(30)3)33(39)35-21-31-32(18-23(2)22-38(31)40)42-28-10-8-7-9-11-28/h7-11,18-20,22,26-27H,6,12-17,21H2,1-5H3,(H-,35,39,40)/p+1. The highest BCUT2D eigenvalue weighted by atomic mass is 35.5. The van der Waals surface area contributed by atoms with E-state index in [1.54, 1.807) is 19.4 Å². The van der Waals surface area contributed by atoms with Crippen molar-refractivity contribution in [2.45, 2.75) is 65.1 Å². The largest absolute Gasteiger partial charge is 0.450 e. The van der Waals surface area contributed by atoms with Crippen LogP contribution in [0.15, 0.2) is 54.7 Å². The van der Waals surface area contributed by atoms with Crippen LogP contribution >= 0.6 is 11.6 Å². The Hall–Kier alpha value is -3.33. The Kier molecular flexibility index (Phi) is 11.1. The van der Waals surface area contributed by atoms with Gasteiger partial charge in [0.25, 0.3) is 11.6 Å². The zero-order valence-electron chi connectivity index (χ0n) is 25.4. The van der Waals surface area contributed by atoms with Gasteiger partial charge in [0.05, 0.1) is 6.61 Å². The summed E-state index contributed by atoms with van der Waals surface area (Å²) in [6.07, 6.45) is 6.00. The summed E-state index contributed by atoms with van der Waals surface area (Å²) in [5.41, 5.74) is 3.65. The van der Waals surface area contributed by atoms with Crippen LogP contribution in [0.1, 0.15) is 59.8 Å². The molecule has 1 aliphatic carbocycles. The van der Waals surface area contributed by atoms with Gasteiger partial charge in [0.1, 0.15) is 12.3 Å². The molecule has 226 valence electrons. The summed E-state index contributed by atoms with van der Waals surface area (Å²) in [6, 6.07) is 15.8. The lowest BCUT2D eigenvalue weighted by Crippen LogP contribution is -2.44. The van der Waals surface area contributed by atoms with E-state index in [9.17, 15) is 10.0 Å². The van der Waals surface area contributed by atoms with Gasteiger partial charge < -0.3 is 24.6 Å². The van der Waals surface area contributed by atoms with Crippen molar-refractivity contribution in [1.29, 1.82) is 0 Å². The number of ether oxygens (including phenoxy) is 2. The second-order valence-electron chi connectivity index (χ2n) is 11.1. The zero-order valence-corrected chi connectivity index (χ0v) is 26.2. The molecule has 2 aromatic carbocycles. The molecule has 9 heteroatoms. The molecule has 0 saturated heterocycles. The summed E-state index contributed by atoms with van der Waals surface area (Å²) in [5.74, 6) is 0.844. The minimum Gasteiger partial charge on any atom is -0.450 e. The summed E-state index contributed by atoms with van der Waals surface area (Å²) in [5, 5.41) is 14.2. The highest BCUT2D eigenvalue weighted by Gasteiger charge is 2.29. The van der Waals surface area contributed by atoms with Crippen LogP contribution in [0.3, 0.4) is 0 Å². The Labute approximate surface area is 254 Å². The van der Waals surface area contributed by atoms with Gasteiger partial charge in [-0.3, -0.25) is 10.0 Å². The molecule has 0 atom stereocenters. The number of rotatable bonds is 12. The number of nitrogens with zero attached hydrogens (tertiary/aromatic N) is 3. The Balaban J connectivity index is 1.50. The van der Waals surface area contributed by atoms with Gasteiger partial charge in [-0.2, -0.15) is 0 Å². The molecule has 42 heavy (non-hydrogen) atoms. The van der Waals surface area contributed by atoms with Crippen LogP contribution in [0.2, 0.25) is 5.02 Å². The summed E-state index contributed by atoms with van der Waals surface area (Å²) in [4.78, 5) is 18.4. The maximum absolute atomic E-state index is 13.5. The number of hydrogen-bond acceptors (Lipinski definition) is 6. The first-order valence-electron chi connectivity index (χ1n) is 14.7. The molecular weight excluding hydrogens is 552 g/mol. The van der Waals surface area contributed by atoms with Crippen molar-refractivity contribution in [1.82, 2.24) is 10.2 Å². The fraction of sp³-hybridized carbons (Fsp3) is 0.455. The van der Waals surface area contributed by atoms with Gasteiger partial charge in [-0.1, -0.05) is 29.8 Å². The molecule has 0 bridgehead atoms. The number of nitrogens with one attached hydrogen (secondary N) is 1. The molecule has 1 amide bonds. The number of methoxy groups -OCH3 is 1. The lowest BCUT2D eigenvalue weighted by atomic mass is 9.88. The fourth-order valence-corrected chi connectivity index (χ4v) is 6.11. The van der Waals surface area contributed by atoms with Crippen molar-refractivity contribution in [3.05, 3.63) is 82.1 Å². The van der Waals surface area contributed by atoms with Gasteiger partial charge in [0, 0.05) is 58.9 Å². The lowest BCUT2D eigenvalue weighted by Gasteiger charge is -2.41. The van der Waals surface area contributed by atoms with Gasteiger partial charge in [-0.15, -0.1) is 0 Å². The summed E-state index contributed by atoms with van der Waals surface area (Å²) in [6.45, 7) is 8.58. The maximum atomic E-state index is 13.5. The fourth-order valence-electron chi connectivity index (χ4n) is 5.89. The molecule has 0 radical (unpaired) electrons. The zero-order chi connectivity index (χ0) is 30.2. The first kappa shape index (κ1) is 31.6. The Morgan fingerprint density at radius 2 is 1.79 bits per heavy atom.